The number of carbonyl (C=O) groups is 1. The van der Waals surface area contributed by atoms with Gasteiger partial charge in [0.05, 0.1) is 12.2 Å². The second kappa shape index (κ2) is 9.82. The van der Waals surface area contributed by atoms with Gasteiger partial charge in [-0.3, -0.25) is 14.6 Å². The van der Waals surface area contributed by atoms with E-state index in [1.165, 1.54) is 62.6 Å². The van der Waals surface area contributed by atoms with Gasteiger partial charge in [0.2, 0.25) is 11.9 Å². The quantitative estimate of drug-likeness (QED) is 0.736. The van der Waals surface area contributed by atoms with E-state index in [0.29, 0.717) is 6.54 Å². The summed E-state index contributed by atoms with van der Waals surface area (Å²) < 4.78 is 0. The molecule has 2 saturated heterocycles. The maximum absolute atomic E-state index is 12.9. The molecule has 7 nitrogen and oxygen atoms in total. The number of piperidine rings is 1. The number of amides is 1. The van der Waals surface area contributed by atoms with E-state index in [9.17, 15) is 4.79 Å². The molecule has 170 valence electrons. The highest BCUT2D eigenvalue weighted by Crippen LogP contribution is 2.24. The molecule has 0 N–H and O–H groups in total. The predicted octanol–water partition coefficient (Wildman–Crippen LogP) is 2.30. The van der Waals surface area contributed by atoms with Gasteiger partial charge in [0.15, 0.2) is 0 Å². The van der Waals surface area contributed by atoms with Gasteiger partial charge in [-0.05, 0) is 32.1 Å². The molecule has 7 heteroatoms. The number of aromatic nitrogens is 2. The van der Waals surface area contributed by atoms with Crippen molar-refractivity contribution in [2.24, 2.45) is 0 Å². The summed E-state index contributed by atoms with van der Waals surface area (Å²) in [4.78, 5) is 31.8. The Kier molecular flexibility index (Phi) is 6.69. The summed E-state index contributed by atoms with van der Waals surface area (Å²) in [7, 11) is 0. The molecule has 4 aliphatic rings. The van der Waals surface area contributed by atoms with Crippen molar-refractivity contribution >= 4 is 11.9 Å². The zero-order chi connectivity index (χ0) is 21.0. The van der Waals surface area contributed by atoms with Crippen LogP contribution in [0.3, 0.4) is 0 Å². The molecule has 0 unspecified atom stereocenters. The van der Waals surface area contributed by atoms with Gasteiger partial charge in [-0.25, -0.2) is 9.97 Å². The van der Waals surface area contributed by atoms with Crippen molar-refractivity contribution in [3.05, 3.63) is 17.5 Å². The molecule has 0 bridgehead atoms. The number of piperazine rings is 1. The minimum atomic E-state index is 0.289. The monoisotopic (exact) mass is 426 g/mol. The van der Waals surface area contributed by atoms with Gasteiger partial charge < -0.3 is 9.80 Å². The molecule has 0 atom stereocenters. The fourth-order valence-electron chi connectivity index (χ4n) is 5.82. The predicted molar refractivity (Wildman–Crippen MR) is 122 cm³/mol. The Hall–Kier alpha value is -1.73. The Morgan fingerprint density at radius 1 is 0.903 bits per heavy atom. The highest BCUT2D eigenvalue weighted by molar-refractivity contribution is 5.78. The van der Waals surface area contributed by atoms with E-state index in [-0.39, 0.29) is 5.91 Å². The SMILES string of the molecule is O=C(CN1CCc2nc(N3CCCCC3)ncc2C1)N1CCN(C2CCCCC2)CC1. The standard InChI is InChI=1S/C24H38N6O/c31-23(29-15-13-28(14-16-29)21-7-3-1-4-8-21)19-27-12-9-22-20(18-27)17-25-24(26-22)30-10-5-2-6-11-30/h17,21H,1-16,18-19H2. The van der Waals surface area contributed by atoms with Gasteiger partial charge in [0.1, 0.15) is 0 Å². The van der Waals surface area contributed by atoms with Crippen LogP contribution >= 0.6 is 0 Å². The lowest BCUT2D eigenvalue weighted by atomic mass is 9.94. The van der Waals surface area contributed by atoms with Gasteiger partial charge in [-0.1, -0.05) is 19.3 Å². The minimum Gasteiger partial charge on any atom is -0.341 e. The lowest BCUT2D eigenvalue weighted by Gasteiger charge is -2.41. The molecule has 3 aliphatic heterocycles. The second-order valence-electron chi connectivity index (χ2n) is 9.86. The Bertz CT molecular complexity index is 750. The van der Waals surface area contributed by atoms with Crippen molar-refractivity contribution in [3.8, 4) is 0 Å². The normalized spacial score (nSPS) is 24.3. The fraction of sp³-hybridized carbons (Fsp3) is 0.792. The van der Waals surface area contributed by atoms with Crippen LogP contribution in [0.1, 0.15) is 62.6 Å². The summed E-state index contributed by atoms with van der Waals surface area (Å²) in [6.45, 7) is 8.26. The third-order valence-electron chi connectivity index (χ3n) is 7.76. The van der Waals surface area contributed by atoms with E-state index >= 15 is 0 Å². The van der Waals surface area contributed by atoms with Gasteiger partial charge in [0.25, 0.3) is 0 Å². The van der Waals surface area contributed by atoms with Gasteiger partial charge in [0, 0.05) is 76.6 Å². The van der Waals surface area contributed by atoms with Crippen molar-refractivity contribution in [2.45, 2.75) is 70.4 Å². The number of hydrogen-bond acceptors (Lipinski definition) is 6. The van der Waals surface area contributed by atoms with Gasteiger partial charge >= 0.3 is 0 Å². The summed E-state index contributed by atoms with van der Waals surface area (Å²) in [6, 6.07) is 0.763. The number of rotatable bonds is 4. The summed E-state index contributed by atoms with van der Waals surface area (Å²) >= 11 is 0. The molecular weight excluding hydrogens is 388 g/mol. The van der Waals surface area contributed by atoms with Crippen molar-refractivity contribution in [1.82, 2.24) is 24.7 Å². The first-order chi connectivity index (χ1) is 15.3. The van der Waals surface area contributed by atoms with Gasteiger partial charge in [-0.15, -0.1) is 0 Å². The summed E-state index contributed by atoms with van der Waals surface area (Å²) in [6.07, 6.45) is 13.6. The van der Waals surface area contributed by atoms with Crippen LogP contribution in [0.2, 0.25) is 0 Å². The lowest BCUT2D eigenvalue weighted by molar-refractivity contribution is -0.134. The lowest BCUT2D eigenvalue weighted by Crippen LogP contribution is -2.54. The van der Waals surface area contributed by atoms with Crippen LogP contribution in [0.15, 0.2) is 6.20 Å². The topological polar surface area (TPSA) is 55.8 Å². The number of nitrogens with zero attached hydrogens (tertiary/aromatic N) is 6. The molecule has 1 aromatic heterocycles. The number of carbonyl (C=O) groups excluding carboxylic acids is 1. The molecule has 1 aromatic rings. The van der Waals surface area contributed by atoms with Crippen LogP contribution < -0.4 is 4.90 Å². The Morgan fingerprint density at radius 3 is 2.42 bits per heavy atom. The van der Waals surface area contributed by atoms with Crippen LogP contribution in [0.25, 0.3) is 0 Å². The first-order valence-electron chi connectivity index (χ1n) is 12.6. The molecule has 0 spiro atoms. The first kappa shape index (κ1) is 21.1. The molecular formula is C24H38N6O. The average Bonchev–Trinajstić information content (AvgIpc) is 2.85. The van der Waals surface area contributed by atoms with E-state index in [2.05, 4.69) is 24.6 Å². The summed E-state index contributed by atoms with van der Waals surface area (Å²) in [5.41, 5.74) is 2.38. The molecule has 0 radical (unpaired) electrons. The molecule has 0 aromatic carbocycles. The van der Waals surface area contributed by atoms with Crippen molar-refractivity contribution in [3.63, 3.8) is 0 Å². The molecule has 1 saturated carbocycles. The van der Waals surface area contributed by atoms with Crippen molar-refractivity contribution < 1.29 is 4.79 Å². The van der Waals surface area contributed by atoms with Crippen LogP contribution in [0, 0.1) is 0 Å². The minimum absolute atomic E-state index is 0.289. The summed E-state index contributed by atoms with van der Waals surface area (Å²) in [5, 5.41) is 0. The smallest absolute Gasteiger partial charge is 0.236 e. The van der Waals surface area contributed by atoms with Crippen LogP contribution in [-0.4, -0.2) is 89.0 Å². The zero-order valence-electron chi connectivity index (χ0n) is 19.0. The molecule has 5 rings (SSSR count). The van der Waals surface area contributed by atoms with E-state index in [4.69, 9.17) is 4.98 Å². The maximum Gasteiger partial charge on any atom is 0.236 e. The largest absolute Gasteiger partial charge is 0.341 e. The van der Waals surface area contributed by atoms with E-state index < -0.39 is 0 Å². The Balaban J connectivity index is 1.11. The third-order valence-corrected chi connectivity index (χ3v) is 7.76. The molecule has 1 amide bonds. The number of fused-ring (bicyclic) bond motifs is 1. The van der Waals surface area contributed by atoms with Crippen LogP contribution in [0.4, 0.5) is 5.95 Å². The highest BCUT2D eigenvalue weighted by atomic mass is 16.2. The molecule has 31 heavy (non-hydrogen) atoms. The van der Waals surface area contributed by atoms with Crippen LogP contribution in [0.5, 0.6) is 0 Å². The molecule has 4 heterocycles. The molecule has 1 aliphatic carbocycles. The maximum atomic E-state index is 12.9. The second-order valence-corrected chi connectivity index (χ2v) is 9.86. The fourth-order valence-corrected chi connectivity index (χ4v) is 5.82. The molecule has 3 fully saturated rings. The summed E-state index contributed by atoms with van der Waals surface area (Å²) in [5.74, 6) is 1.19. The third kappa shape index (κ3) is 5.03. The first-order valence-corrected chi connectivity index (χ1v) is 12.6. The average molecular weight is 427 g/mol. The Labute approximate surface area is 186 Å². The Morgan fingerprint density at radius 2 is 1.65 bits per heavy atom. The number of anilines is 1. The van der Waals surface area contributed by atoms with E-state index in [1.807, 2.05) is 6.20 Å². The van der Waals surface area contributed by atoms with E-state index in [0.717, 1.165) is 70.8 Å². The van der Waals surface area contributed by atoms with Gasteiger partial charge in [-0.2, -0.15) is 0 Å². The number of hydrogen-bond donors (Lipinski definition) is 0. The zero-order valence-corrected chi connectivity index (χ0v) is 19.0. The van der Waals surface area contributed by atoms with Crippen molar-refractivity contribution in [2.75, 3.05) is 57.3 Å². The van der Waals surface area contributed by atoms with Crippen LogP contribution in [-0.2, 0) is 17.8 Å². The van der Waals surface area contributed by atoms with E-state index in [1.54, 1.807) is 0 Å². The highest BCUT2D eigenvalue weighted by Gasteiger charge is 2.29. The van der Waals surface area contributed by atoms with Crippen molar-refractivity contribution in [1.29, 1.82) is 0 Å².